The van der Waals surface area contributed by atoms with Crippen molar-refractivity contribution in [3.05, 3.63) is 53.6 Å². The van der Waals surface area contributed by atoms with Gasteiger partial charge in [-0.15, -0.1) is 0 Å². The number of hydrogen-bond donors (Lipinski definition) is 2. The molecule has 0 saturated carbocycles. The highest BCUT2D eigenvalue weighted by molar-refractivity contribution is 7.86. The van der Waals surface area contributed by atoms with Crippen molar-refractivity contribution in [1.82, 2.24) is 0 Å². The molecule has 1 atom stereocenters. The van der Waals surface area contributed by atoms with Crippen molar-refractivity contribution in [3.63, 3.8) is 0 Å². The third kappa shape index (κ3) is 2.24. The number of methoxy groups -OCH3 is 1. The van der Waals surface area contributed by atoms with Crippen molar-refractivity contribution < 1.29 is 22.5 Å². The van der Waals surface area contributed by atoms with Crippen LogP contribution < -0.4 is 5.32 Å². The van der Waals surface area contributed by atoms with Gasteiger partial charge in [0.1, 0.15) is 5.25 Å². The third-order valence-electron chi connectivity index (χ3n) is 3.62. The summed E-state index contributed by atoms with van der Waals surface area (Å²) in [7, 11) is -3.17. The van der Waals surface area contributed by atoms with Crippen LogP contribution in [0.3, 0.4) is 0 Å². The maximum atomic E-state index is 11.9. The molecule has 2 aromatic carbocycles. The van der Waals surface area contributed by atoms with E-state index in [-0.39, 0.29) is 0 Å². The first-order chi connectivity index (χ1) is 10.4. The molecule has 0 aromatic heterocycles. The summed E-state index contributed by atoms with van der Waals surface area (Å²) in [6, 6.07) is 11.9. The van der Waals surface area contributed by atoms with Crippen LogP contribution in [-0.2, 0) is 14.9 Å². The number of benzene rings is 2. The quantitative estimate of drug-likeness (QED) is 0.830. The van der Waals surface area contributed by atoms with E-state index in [0.717, 1.165) is 0 Å². The van der Waals surface area contributed by atoms with E-state index in [9.17, 15) is 17.8 Å². The Bertz CT molecular complexity index is 860. The van der Waals surface area contributed by atoms with Crippen LogP contribution in [0.25, 0.3) is 11.1 Å². The van der Waals surface area contributed by atoms with Crippen LogP contribution in [0, 0.1) is 0 Å². The minimum absolute atomic E-state index is 0.295. The van der Waals surface area contributed by atoms with Crippen LogP contribution in [0.5, 0.6) is 0 Å². The molecule has 7 heteroatoms. The Morgan fingerprint density at radius 3 is 2.50 bits per heavy atom. The topological polar surface area (TPSA) is 92.7 Å². The molecule has 0 heterocycles. The highest BCUT2D eigenvalue weighted by Gasteiger charge is 2.39. The van der Waals surface area contributed by atoms with Gasteiger partial charge in [-0.1, -0.05) is 36.4 Å². The predicted octanol–water partition coefficient (Wildman–Crippen LogP) is 2.82. The van der Waals surface area contributed by atoms with Gasteiger partial charge in [-0.05, 0) is 22.8 Å². The van der Waals surface area contributed by atoms with Crippen LogP contribution in [0.15, 0.2) is 42.5 Å². The molecule has 0 radical (unpaired) electrons. The molecule has 22 heavy (non-hydrogen) atoms. The number of rotatable bonds is 2. The van der Waals surface area contributed by atoms with Gasteiger partial charge in [0.05, 0.1) is 7.11 Å². The van der Waals surface area contributed by atoms with Crippen molar-refractivity contribution in [3.8, 4) is 11.1 Å². The molecule has 1 aliphatic carbocycles. The van der Waals surface area contributed by atoms with E-state index in [1.54, 1.807) is 42.5 Å². The Balaban J connectivity index is 2.27. The molecule has 114 valence electrons. The summed E-state index contributed by atoms with van der Waals surface area (Å²) in [6.07, 6.45) is -0.710. The zero-order valence-corrected chi connectivity index (χ0v) is 12.4. The van der Waals surface area contributed by atoms with Crippen LogP contribution in [0.2, 0.25) is 0 Å². The summed E-state index contributed by atoms with van der Waals surface area (Å²) >= 11 is 0. The van der Waals surface area contributed by atoms with Gasteiger partial charge in [0.2, 0.25) is 0 Å². The Morgan fingerprint density at radius 2 is 1.82 bits per heavy atom. The summed E-state index contributed by atoms with van der Waals surface area (Å²) in [4.78, 5) is 11.5. The largest absolute Gasteiger partial charge is 0.453 e. The van der Waals surface area contributed by atoms with Crippen molar-refractivity contribution in [2.45, 2.75) is 5.25 Å². The number of carbonyl (C=O) groups excluding carboxylic acids is 1. The number of carbonyl (C=O) groups is 1. The number of ether oxygens (including phenoxy) is 1. The first kappa shape index (κ1) is 14.6. The van der Waals surface area contributed by atoms with Crippen LogP contribution in [-0.4, -0.2) is 26.2 Å². The average Bonchev–Trinajstić information content (AvgIpc) is 2.83. The molecule has 3 rings (SSSR count). The lowest BCUT2D eigenvalue weighted by atomic mass is 10.1. The van der Waals surface area contributed by atoms with Crippen molar-refractivity contribution in [2.75, 3.05) is 12.4 Å². The lowest BCUT2D eigenvalue weighted by Gasteiger charge is -2.14. The fraction of sp³-hybridized carbons (Fsp3) is 0.133. The second kappa shape index (κ2) is 5.11. The summed E-state index contributed by atoms with van der Waals surface area (Å²) < 4.78 is 38.0. The number of amides is 1. The van der Waals surface area contributed by atoms with E-state index < -0.39 is 21.5 Å². The first-order valence-electron chi connectivity index (χ1n) is 6.47. The molecule has 0 aliphatic heterocycles. The van der Waals surface area contributed by atoms with Crippen molar-refractivity contribution in [1.29, 1.82) is 0 Å². The smallest absolute Gasteiger partial charge is 0.411 e. The van der Waals surface area contributed by atoms with Gasteiger partial charge >= 0.3 is 6.09 Å². The van der Waals surface area contributed by atoms with E-state index in [0.29, 0.717) is 27.9 Å². The number of anilines is 1. The lowest BCUT2D eigenvalue weighted by molar-refractivity contribution is 0.187. The minimum Gasteiger partial charge on any atom is -0.453 e. The molecule has 2 N–H and O–H groups in total. The van der Waals surface area contributed by atoms with E-state index >= 15 is 0 Å². The molecule has 1 aliphatic rings. The predicted molar refractivity (Wildman–Crippen MR) is 81.3 cm³/mol. The van der Waals surface area contributed by atoms with Gasteiger partial charge in [-0.3, -0.25) is 9.87 Å². The van der Waals surface area contributed by atoms with Gasteiger partial charge in [-0.2, -0.15) is 8.42 Å². The van der Waals surface area contributed by atoms with Gasteiger partial charge < -0.3 is 4.74 Å². The molecule has 0 bridgehead atoms. The second-order valence-corrected chi connectivity index (χ2v) is 6.37. The maximum absolute atomic E-state index is 11.9. The Kier molecular flexibility index (Phi) is 3.38. The number of nitrogens with one attached hydrogen (secondary N) is 1. The molecular formula is C15H13NO5S. The zero-order valence-electron chi connectivity index (χ0n) is 11.6. The molecule has 1 unspecified atom stereocenters. The lowest BCUT2D eigenvalue weighted by Crippen LogP contribution is -2.16. The van der Waals surface area contributed by atoms with E-state index in [1.807, 2.05) is 0 Å². The molecule has 1 amide bonds. The van der Waals surface area contributed by atoms with E-state index in [4.69, 9.17) is 0 Å². The molecule has 0 saturated heterocycles. The summed E-state index contributed by atoms with van der Waals surface area (Å²) in [5.41, 5.74) is 2.50. The number of hydrogen-bond acceptors (Lipinski definition) is 4. The summed E-state index contributed by atoms with van der Waals surface area (Å²) in [6.45, 7) is 0. The standard InChI is InChI=1S/C15H13NO5S/c1-21-15(17)16-12-8-4-7-10-9-5-2-3-6-11(9)14(13(10)12)22(18,19)20/h2-8,14H,1H3,(H,16,17)(H,18,19,20). The summed E-state index contributed by atoms with van der Waals surface area (Å²) in [5.74, 6) is 0. The van der Waals surface area contributed by atoms with Gasteiger partial charge in [-0.25, -0.2) is 4.79 Å². The molecule has 6 nitrogen and oxygen atoms in total. The van der Waals surface area contributed by atoms with E-state index in [1.165, 1.54) is 7.11 Å². The Labute approximate surface area is 127 Å². The average molecular weight is 319 g/mol. The van der Waals surface area contributed by atoms with Gasteiger partial charge in [0.25, 0.3) is 10.1 Å². The highest BCUT2D eigenvalue weighted by atomic mass is 32.2. The Hall–Kier alpha value is -2.38. The Morgan fingerprint density at radius 1 is 1.14 bits per heavy atom. The zero-order chi connectivity index (χ0) is 15.9. The van der Waals surface area contributed by atoms with Crippen molar-refractivity contribution >= 4 is 21.9 Å². The first-order valence-corrected chi connectivity index (χ1v) is 7.97. The summed E-state index contributed by atoms with van der Waals surface area (Å²) in [5, 5.41) is 1.26. The fourth-order valence-electron chi connectivity index (χ4n) is 2.79. The maximum Gasteiger partial charge on any atom is 0.411 e. The molecule has 2 aromatic rings. The highest BCUT2D eigenvalue weighted by Crippen LogP contribution is 2.49. The van der Waals surface area contributed by atoms with Crippen LogP contribution in [0.1, 0.15) is 16.4 Å². The second-order valence-electron chi connectivity index (χ2n) is 4.87. The van der Waals surface area contributed by atoms with Gasteiger partial charge in [0.15, 0.2) is 0 Å². The van der Waals surface area contributed by atoms with E-state index in [2.05, 4.69) is 10.1 Å². The normalized spacial score (nSPS) is 15.8. The van der Waals surface area contributed by atoms with Gasteiger partial charge in [0, 0.05) is 11.3 Å². The van der Waals surface area contributed by atoms with Crippen LogP contribution >= 0.6 is 0 Å². The van der Waals surface area contributed by atoms with Crippen LogP contribution in [0.4, 0.5) is 10.5 Å². The SMILES string of the molecule is COC(=O)Nc1cccc2c1C(S(=O)(=O)O)c1ccccc1-2. The molecular weight excluding hydrogens is 306 g/mol. The minimum atomic E-state index is -4.39. The fourth-order valence-corrected chi connectivity index (χ4v) is 3.87. The third-order valence-corrected chi connectivity index (χ3v) is 4.71. The molecule has 0 fully saturated rings. The number of fused-ring (bicyclic) bond motifs is 3. The molecule has 0 spiro atoms. The monoisotopic (exact) mass is 319 g/mol. The van der Waals surface area contributed by atoms with Crippen molar-refractivity contribution in [2.24, 2.45) is 0 Å².